The molecule has 0 saturated heterocycles. The minimum atomic E-state index is -1.04. The van der Waals surface area contributed by atoms with E-state index in [1.165, 1.54) is 13.2 Å². The summed E-state index contributed by atoms with van der Waals surface area (Å²) in [6.07, 6.45) is 2.44. The molecule has 1 aromatic carbocycles. The number of benzene rings is 1. The minimum Gasteiger partial charge on any atom is -0.493 e. The van der Waals surface area contributed by atoms with Gasteiger partial charge in [0.15, 0.2) is 11.5 Å². The van der Waals surface area contributed by atoms with Crippen LogP contribution < -0.4 is 9.47 Å². The monoisotopic (exact) mass is 294 g/mol. The van der Waals surface area contributed by atoms with Crippen LogP contribution in [0.4, 0.5) is 0 Å². The topological polar surface area (TPSA) is 93.1 Å². The molecule has 0 bridgehead atoms. The summed E-state index contributed by atoms with van der Waals surface area (Å²) in [6, 6.07) is 4.88. The first-order chi connectivity index (χ1) is 9.76. The molecule has 0 aromatic heterocycles. The van der Waals surface area contributed by atoms with Crippen molar-refractivity contribution in [3.05, 3.63) is 29.8 Å². The van der Waals surface area contributed by atoms with E-state index in [9.17, 15) is 9.59 Å². The Morgan fingerprint density at radius 2 is 1.90 bits per heavy atom. The molecule has 0 aliphatic carbocycles. The molecule has 6 nitrogen and oxygen atoms in total. The Morgan fingerprint density at radius 1 is 1.24 bits per heavy atom. The fourth-order valence-corrected chi connectivity index (χ4v) is 1.39. The molecular formula is C15H18O6. The van der Waals surface area contributed by atoms with Gasteiger partial charge >= 0.3 is 11.9 Å². The van der Waals surface area contributed by atoms with E-state index >= 15 is 0 Å². The van der Waals surface area contributed by atoms with E-state index in [-0.39, 0.29) is 6.61 Å². The summed E-state index contributed by atoms with van der Waals surface area (Å²) in [5, 5.41) is 17.6. The molecule has 0 amide bonds. The highest BCUT2D eigenvalue weighted by molar-refractivity contribution is 5.85. The molecule has 0 saturated carbocycles. The van der Waals surface area contributed by atoms with Gasteiger partial charge in [-0.25, -0.2) is 4.79 Å². The number of ether oxygens (including phenoxy) is 2. The third-order valence-electron chi connectivity index (χ3n) is 2.77. The van der Waals surface area contributed by atoms with Gasteiger partial charge in [0.1, 0.15) is 6.61 Å². The normalized spacial score (nSPS) is 11.4. The van der Waals surface area contributed by atoms with Gasteiger partial charge in [-0.05, 0) is 37.6 Å². The van der Waals surface area contributed by atoms with Crippen molar-refractivity contribution in [3.63, 3.8) is 0 Å². The Kier molecular flexibility index (Phi) is 5.35. The number of methoxy groups -OCH3 is 1. The van der Waals surface area contributed by atoms with Crippen LogP contribution in [0.3, 0.4) is 0 Å². The summed E-state index contributed by atoms with van der Waals surface area (Å²) in [6.45, 7) is 3.11. The molecule has 21 heavy (non-hydrogen) atoms. The Morgan fingerprint density at radius 3 is 2.43 bits per heavy atom. The first-order valence-electron chi connectivity index (χ1n) is 6.21. The smallest absolute Gasteiger partial charge is 0.328 e. The SMILES string of the molecule is COc1cc(C=CC(=O)O)ccc1OCC(C)(C)C(=O)O. The van der Waals surface area contributed by atoms with E-state index in [0.717, 1.165) is 6.08 Å². The van der Waals surface area contributed by atoms with Crippen LogP contribution in [0.25, 0.3) is 6.08 Å². The molecule has 2 N–H and O–H groups in total. The third-order valence-corrected chi connectivity index (χ3v) is 2.77. The highest BCUT2D eigenvalue weighted by Crippen LogP contribution is 2.30. The van der Waals surface area contributed by atoms with Gasteiger partial charge in [0.2, 0.25) is 0 Å². The van der Waals surface area contributed by atoms with Crippen LogP contribution >= 0.6 is 0 Å². The van der Waals surface area contributed by atoms with Gasteiger partial charge in [-0.15, -0.1) is 0 Å². The third kappa shape index (κ3) is 4.83. The van der Waals surface area contributed by atoms with Crippen molar-refractivity contribution in [2.24, 2.45) is 5.41 Å². The second kappa shape index (κ2) is 6.78. The van der Waals surface area contributed by atoms with E-state index in [0.29, 0.717) is 17.1 Å². The molecule has 0 unspecified atom stereocenters. The van der Waals surface area contributed by atoms with Crippen LogP contribution in [0.5, 0.6) is 11.5 Å². The predicted octanol–water partition coefficient (Wildman–Crippen LogP) is 2.28. The number of aliphatic carboxylic acids is 2. The maximum atomic E-state index is 11.0. The Hall–Kier alpha value is -2.50. The Bertz CT molecular complexity index is 559. The lowest BCUT2D eigenvalue weighted by Crippen LogP contribution is -2.30. The maximum absolute atomic E-state index is 11.0. The quantitative estimate of drug-likeness (QED) is 0.749. The lowest BCUT2D eigenvalue weighted by Gasteiger charge is -2.20. The summed E-state index contributed by atoms with van der Waals surface area (Å²) in [5.41, 5.74) is -0.383. The number of hydrogen-bond acceptors (Lipinski definition) is 4. The zero-order chi connectivity index (χ0) is 16.0. The molecule has 0 atom stereocenters. The van der Waals surface area contributed by atoms with Crippen LogP contribution in [0.15, 0.2) is 24.3 Å². The Balaban J connectivity index is 2.89. The van der Waals surface area contributed by atoms with Crippen LogP contribution in [0.1, 0.15) is 19.4 Å². The van der Waals surface area contributed by atoms with Crippen LogP contribution in [0, 0.1) is 5.41 Å². The van der Waals surface area contributed by atoms with Gasteiger partial charge in [-0.1, -0.05) is 6.07 Å². The van der Waals surface area contributed by atoms with Crippen LogP contribution in [-0.2, 0) is 9.59 Å². The number of rotatable bonds is 7. The molecule has 1 aromatic rings. The van der Waals surface area contributed by atoms with Gasteiger partial charge in [0.05, 0.1) is 12.5 Å². The number of carboxylic acid groups (broad SMARTS) is 2. The van der Waals surface area contributed by atoms with Gasteiger partial charge in [0.25, 0.3) is 0 Å². The summed E-state index contributed by atoms with van der Waals surface area (Å²) in [5.74, 6) is -1.19. The van der Waals surface area contributed by atoms with Gasteiger partial charge in [-0.3, -0.25) is 4.79 Å². The average Bonchev–Trinajstić information content (AvgIpc) is 2.43. The zero-order valence-electron chi connectivity index (χ0n) is 12.1. The lowest BCUT2D eigenvalue weighted by atomic mass is 9.95. The largest absolute Gasteiger partial charge is 0.493 e. The first-order valence-corrected chi connectivity index (χ1v) is 6.21. The van der Waals surface area contributed by atoms with Gasteiger partial charge < -0.3 is 19.7 Å². The summed E-state index contributed by atoms with van der Waals surface area (Å²) >= 11 is 0. The molecule has 6 heteroatoms. The number of carbonyl (C=O) groups is 2. The lowest BCUT2D eigenvalue weighted by molar-refractivity contribution is -0.148. The molecule has 0 spiro atoms. The van der Waals surface area contributed by atoms with Crippen LogP contribution in [-0.4, -0.2) is 35.9 Å². The van der Waals surface area contributed by atoms with Gasteiger partial charge in [-0.2, -0.15) is 0 Å². The molecular weight excluding hydrogens is 276 g/mol. The van der Waals surface area contributed by atoms with E-state index < -0.39 is 17.4 Å². The molecule has 0 fully saturated rings. The molecule has 0 aliphatic heterocycles. The van der Waals surface area contributed by atoms with Crippen molar-refractivity contribution in [1.29, 1.82) is 0 Å². The zero-order valence-corrected chi connectivity index (χ0v) is 12.1. The van der Waals surface area contributed by atoms with Crippen molar-refractivity contribution in [2.45, 2.75) is 13.8 Å². The summed E-state index contributed by atoms with van der Waals surface area (Å²) < 4.78 is 10.7. The van der Waals surface area contributed by atoms with Crippen molar-refractivity contribution in [1.82, 2.24) is 0 Å². The van der Waals surface area contributed by atoms with E-state index in [1.807, 2.05) is 0 Å². The molecule has 114 valence electrons. The fourth-order valence-electron chi connectivity index (χ4n) is 1.39. The summed E-state index contributed by atoms with van der Waals surface area (Å²) in [4.78, 5) is 21.5. The van der Waals surface area contributed by atoms with E-state index in [2.05, 4.69) is 0 Å². The highest BCUT2D eigenvalue weighted by atomic mass is 16.5. The second-order valence-corrected chi connectivity index (χ2v) is 5.06. The van der Waals surface area contributed by atoms with E-state index in [4.69, 9.17) is 19.7 Å². The van der Waals surface area contributed by atoms with Crippen molar-refractivity contribution in [3.8, 4) is 11.5 Å². The first kappa shape index (κ1) is 16.6. The van der Waals surface area contributed by atoms with E-state index in [1.54, 1.807) is 32.0 Å². The summed E-state index contributed by atoms with van der Waals surface area (Å²) in [7, 11) is 1.45. The number of hydrogen-bond donors (Lipinski definition) is 2. The fraction of sp³-hybridized carbons (Fsp3) is 0.333. The second-order valence-electron chi connectivity index (χ2n) is 5.06. The molecule has 0 aliphatic rings. The average molecular weight is 294 g/mol. The van der Waals surface area contributed by atoms with Crippen LogP contribution in [0.2, 0.25) is 0 Å². The highest BCUT2D eigenvalue weighted by Gasteiger charge is 2.28. The van der Waals surface area contributed by atoms with Crippen molar-refractivity contribution >= 4 is 18.0 Å². The van der Waals surface area contributed by atoms with Crippen molar-refractivity contribution in [2.75, 3.05) is 13.7 Å². The van der Waals surface area contributed by atoms with Gasteiger partial charge in [0, 0.05) is 6.08 Å². The van der Waals surface area contributed by atoms with Crippen molar-refractivity contribution < 1.29 is 29.3 Å². The molecule has 0 radical (unpaired) electrons. The Labute approximate surface area is 122 Å². The molecule has 0 heterocycles. The minimum absolute atomic E-state index is 0.0109. The number of carboxylic acids is 2. The standard InChI is InChI=1S/C15H18O6/c1-15(2,14(18)19)9-21-11-6-4-10(5-7-13(16)17)8-12(11)20-3/h4-8H,9H2,1-3H3,(H,16,17)(H,18,19). The maximum Gasteiger partial charge on any atom is 0.328 e. The predicted molar refractivity (Wildman–Crippen MR) is 76.6 cm³/mol. The molecule has 1 rings (SSSR count).